The molecule has 5 N–H and O–H groups in total. The molecule has 1 aromatic rings. The van der Waals surface area contributed by atoms with Crippen LogP contribution in [0.15, 0.2) is 23.2 Å². The molecule has 1 aromatic carbocycles. The molecule has 0 saturated carbocycles. The molecule has 6 nitrogen and oxygen atoms in total. The van der Waals surface area contributed by atoms with Crippen molar-refractivity contribution in [1.29, 1.82) is 0 Å². The van der Waals surface area contributed by atoms with Crippen LogP contribution in [0.1, 0.15) is 0 Å². The highest BCUT2D eigenvalue weighted by Crippen LogP contribution is 2.05. The van der Waals surface area contributed by atoms with Crippen molar-refractivity contribution < 1.29 is 10.0 Å². The lowest BCUT2D eigenvalue weighted by molar-refractivity contribution is 0.165. The zero-order valence-electron chi connectivity index (χ0n) is 7.11. The monoisotopic (exact) mass is 192 g/mol. The Morgan fingerprint density at radius 2 is 2.36 bits per heavy atom. The molecule has 1 rings (SSSR count). The Bertz CT molecular complexity index is 336. The standard InChI is InChI=1S/C8H8N4O2/c9-7(11-8(13)12-14)10-6-4-2-1-3-5-6/h2,4-5,14H,(H4,9,10,11,12,13). The second-order valence-corrected chi connectivity index (χ2v) is 2.25. The molecule has 0 atom stereocenters. The maximum Gasteiger partial charge on any atom is 0.345 e. The van der Waals surface area contributed by atoms with E-state index >= 15 is 0 Å². The number of hydrogen-bond donors (Lipinski definition) is 4. The lowest BCUT2D eigenvalue weighted by Gasteiger charge is -2.01. The van der Waals surface area contributed by atoms with Crippen LogP contribution in [-0.2, 0) is 0 Å². The molecule has 0 aliphatic carbocycles. The quantitative estimate of drug-likeness (QED) is 0.217. The predicted molar refractivity (Wildman–Crippen MR) is 48.9 cm³/mol. The number of amides is 2. The molecule has 2 amide bonds. The molecule has 14 heavy (non-hydrogen) atoms. The first-order chi connectivity index (χ1) is 6.72. The van der Waals surface area contributed by atoms with E-state index in [0.29, 0.717) is 5.69 Å². The summed E-state index contributed by atoms with van der Waals surface area (Å²) in [4.78, 5) is 14.4. The number of hydrogen-bond acceptors (Lipinski definition) is 3. The van der Waals surface area contributed by atoms with Crippen molar-refractivity contribution >= 4 is 17.7 Å². The maximum atomic E-state index is 10.6. The first-order valence-electron chi connectivity index (χ1n) is 3.65. The Morgan fingerprint density at radius 3 is 2.93 bits per heavy atom. The summed E-state index contributed by atoms with van der Waals surface area (Å²) in [5.74, 6) is -0.129. The summed E-state index contributed by atoms with van der Waals surface area (Å²) in [6, 6.07) is 9.30. The van der Waals surface area contributed by atoms with Crippen molar-refractivity contribution in [3.8, 4) is 0 Å². The van der Waals surface area contributed by atoms with Crippen molar-refractivity contribution in [2.75, 3.05) is 0 Å². The van der Waals surface area contributed by atoms with Gasteiger partial charge < -0.3 is 5.73 Å². The molecular weight excluding hydrogens is 184 g/mol. The summed E-state index contributed by atoms with van der Waals surface area (Å²) in [5, 5.41) is 10.2. The molecule has 0 radical (unpaired) electrons. The number of rotatable bonds is 1. The number of hydroxylamine groups is 1. The lowest BCUT2D eigenvalue weighted by Crippen LogP contribution is -2.41. The van der Waals surface area contributed by atoms with Gasteiger partial charge in [0.15, 0.2) is 0 Å². The Hall–Kier alpha value is -2.26. The van der Waals surface area contributed by atoms with Crippen LogP contribution in [0.25, 0.3) is 0 Å². The third-order valence-electron chi connectivity index (χ3n) is 1.23. The second kappa shape index (κ2) is 4.69. The predicted octanol–water partition coefficient (Wildman–Crippen LogP) is -0.0784. The van der Waals surface area contributed by atoms with Gasteiger partial charge in [0.2, 0.25) is 5.96 Å². The van der Waals surface area contributed by atoms with Gasteiger partial charge in [0.25, 0.3) is 0 Å². The van der Waals surface area contributed by atoms with E-state index in [1.807, 2.05) is 0 Å². The van der Waals surface area contributed by atoms with Crippen LogP contribution in [0, 0.1) is 12.1 Å². The van der Waals surface area contributed by atoms with Gasteiger partial charge in [0.1, 0.15) is 0 Å². The van der Waals surface area contributed by atoms with Gasteiger partial charge in [-0.05, 0) is 12.1 Å². The van der Waals surface area contributed by atoms with E-state index in [-0.39, 0.29) is 5.96 Å². The molecule has 6 heteroatoms. The average Bonchev–Trinajstić information content (AvgIpc) is 2.19. The highest BCUT2D eigenvalue weighted by Gasteiger charge is 1.98. The van der Waals surface area contributed by atoms with Crippen LogP contribution in [0.4, 0.5) is 10.5 Å². The Labute approximate surface area is 80.4 Å². The molecular formula is C8H8N4O2. The number of nitrogens with two attached hydrogens (primary N) is 1. The molecule has 0 spiro atoms. The highest BCUT2D eigenvalue weighted by atomic mass is 16.5. The van der Waals surface area contributed by atoms with Crippen LogP contribution in [0.5, 0.6) is 0 Å². The van der Waals surface area contributed by atoms with E-state index in [1.165, 1.54) is 5.48 Å². The van der Waals surface area contributed by atoms with Crippen molar-refractivity contribution in [2.45, 2.75) is 0 Å². The normalized spacial score (nSPS) is 10.2. The highest BCUT2D eigenvalue weighted by molar-refractivity contribution is 5.95. The van der Waals surface area contributed by atoms with Gasteiger partial charge in [0.05, 0.1) is 5.69 Å². The summed E-state index contributed by atoms with van der Waals surface area (Å²) in [6.45, 7) is 0. The number of carbonyl (C=O) groups excluding carboxylic acids is 1. The summed E-state index contributed by atoms with van der Waals surface area (Å²) >= 11 is 0. The molecule has 0 aliphatic heterocycles. The number of nitrogens with zero attached hydrogens (tertiary/aromatic N) is 1. The summed E-state index contributed by atoms with van der Waals surface area (Å²) in [5.41, 5.74) is 7.21. The fourth-order valence-electron chi connectivity index (χ4n) is 0.720. The van der Waals surface area contributed by atoms with Gasteiger partial charge in [-0.3, -0.25) is 10.5 Å². The van der Waals surface area contributed by atoms with Crippen molar-refractivity contribution in [3.63, 3.8) is 0 Å². The fraction of sp³-hybridized carbons (Fsp3) is 0. The summed E-state index contributed by atoms with van der Waals surface area (Å²) in [6.07, 6.45) is 0. The smallest absolute Gasteiger partial charge is 0.345 e. The molecule has 0 aromatic heterocycles. The third kappa shape index (κ3) is 3.00. The van der Waals surface area contributed by atoms with E-state index in [9.17, 15) is 4.79 Å². The molecule has 0 fully saturated rings. The number of aliphatic imine (C=N–C) groups is 1. The van der Waals surface area contributed by atoms with Crippen LogP contribution >= 0.6 is 0 Å². The fourth-order valence-corrected chi connectivity index (χ4v) is 0.720. The number of carbonyl (C=O) groups is 1. The van der Waals surface area contributed by atoms with Gasteiger partial charge >= 0.3 is 6.03 Å². The molecule has 0 bridgehead atoms. The topological polar surface area (TPSA) is 99.7 Å². The Morgan fingerprint density at radius 1 is 1.57 bits per heavy atom. The van der Waals surface area contributed by atoms with E-state index < -0.39 is 6.03 Å². The number of nitrogens with one attached hydrogen (secondary N) is 2. The van der Waals surface area contributed by atoms with Crippen LogP contribution in [0.3, 0.4) is 0 Å². The third-order valence-corrected chi connectivity index (χ3v) is 1.23. The Kier molecular flexibility index (Phi) is 3.29. The minimum atomic E-state index is -0.849. The number of urea groups is 1. The molecule has 0 heterocycles. The Balaban J connectivity index is 2.65. The molecule has 72 valence electrons. The lowest BCUT2D eigenvalue weighted by atomic mass is 10.4. The van der Waals surface area contributed by atoms with Crippen LogP contribution < -0.4 is 16.5 Å². The van der Waals surface area contributed by atoms with E-state index in [4.69, 9.17) is 10.9 Å². The largest absolute Gasteiger partial charge is 0.369 e. The van der Waals surface area contributed by atoms with E-state index in [1.54, 1.807) is 18.2 Å². The van der Waals surface area contributed by atoms with Crippen molar-refractivity contribution in [2.24, 2.45) is 10.7 Å². The van der Waals surface area contributed by atoms with E-state index in [0.717, 1.165) is 0 Å². The van der Waals surface area contributed by atoms with Crippen molar-refractivity contribution in [3.05, 3.63) is 30.3 Å². The zero-order valence-corrected chi connectivity index (χ0v) is 7.11. The van der Waals surface area contributed by atoms with Crippen molar-refractivity contribution in [1.82, 2.24) is 10.8 Å². The van der Waals surface area contributed by atoms with Crippen LogP contribution in [-0.4, -0.2) is 17.2 Å². The van der Waals surface area contributed by atoms with Gasteiger partial charge in [-0.15, -0.1) is 0 Å². The second-order valence-electron chi connectivity index (χ2n) is 2.25. The molecule has 0 saturated heterocycles. The average molecular weight is 192 g/mol. The zero-order chi connectivity index (χ0) is 10.4. The number of guanidine groups is 1. The van der Waals surface area contributed by atoms with Gasteiger partial charge in [-0.25, -0.2) is 15.3 Å². The first kappa shape index (κ1) is 9.83. The van der Waals surface area contributed by atoms with Gasteiger partial charge in [-0.2, -0.15) is 0 Å². The molecule has 0 unspecified atom stereocenters. The summed E-state index contributed by atoms with van der Waals surface area (Å²) in [7, 11) is 0. The molecule has 0 aliphatic rings. The summed E-state index contributed by atoms with van der Waals surface area (Å²) < 4.78 is 0. The SMILES string of the molecule is NC(=Nc1cc#ccc1)NC(=O)NO. The first-order valence-corrected chi connectivity index (χ1v) is 3.65. The van der Waals surface area contributed by atoms with E-state index in [2.05, 4.69) is 22.4 Å². The van der Waals surface area contributed by atoms with Gasteiger partial charge in [0, 0.05) is 6.07 Å². The van der Waals surface area contributed by atoms with Crippen LogP contribution in [0.2, 0.25) is 0 Å². The van der Waals surface area contributed by atoms with Gasteiger partial charge in [-0.1, -0.05) is 12.1 Å². The minimum absolute atomic E-state index is 0.129. The minimum Gasteiger partial charge on any atom is -0.369 e. The maximum absolute atomic E-state index is 10.6.